The molecule has 1 aromatic carbocycles. The van der Waals surface area contributed by atoms with Crippen LogP contribution < -0.4 is 4.74 Å². The van der Waals surface area contributed by atoms with Crippen molar-refractivity contribution in [1.82, 2.24) is 0 Å². The predicted octanol–water partition coefficient (Wildman–Crippen LogP) is 4.22. The van der Waals surface area contributed by atoms with Gasteiger partial charge in [-0.25, -0.2) is 0 Å². The van der Waals surface area contributed by atoms with Crippen molar-refractivity contribution in [2.45, 2.75) is 39.4 Å². The molecule has 1 aromatic rings. The van der Waals surface area contributed by atoms with Gasteiger partial charge in [0, 0.05) is 10.6 Å². The largest absolute Gasteiger partial charge is 0.489 e. The number of rotatable bonds is 4. The smallest absolute Gasteiger partial charge is 0.144 e. The van der Waals surface area contributed by atoms with Gasteiger partial charge in [-0.15, -0.1) is 0 Å². The second-order valence-electron chi connectivity index (χ2n) is 3.90. The molecular formula is C12H16Cl2O2. The summed E-state index contributed by atoms with van der Waals surface area (Å²) in [5, 5.41) is 10.8. The van der Waals surface area contributed by atoms with Gasteiger partial charge < -0.3 is 9.84 Å². The molecule has 0 heterocycles. The molecule has 90 valence electrons. The quantitative estimate of drug-likeness (QED) is 0.881. The van der Waals surface area contributed by atoms with Gasteiger partial charge in [-0.1, -0.05) is 30.1 Å². The molecule has 16 heavy (non-hydrogen) atoms. The van der Waals surface area contributed by atoms with Crippen LogP contribution in [-0.4, -0.2) is 11.2 Å². The maximum atomic E-state index is 9.87. The molecule has 0 fully saturated rings. The summed E-state index contributed by atoms with van der Waals surface area (Å²) in [6.45, 7) is 5.71. The first-order chi connectivity index (χ1) is 7.45. The fourth-order valence-electron chi connectivity index (χ4n) is 1.41. The Labute approximate surface area is 106 Å². The Morgan fingerprint density at radius 3 is 2.44 bits per heavy atom. The van der Waals surface area contributed by atoms with E-state index in [2.05, 4.69) is 0 Å². The van der Waals surface area contributed by atoms with Crippen molar-refractivity contribution >= 4 is 23.2 Å². The van der Waals surface area contributed by atoms with Crippen LogP contribution in [0.3, 0.4) is 0 Å². The molecule has 0 spiro atoms. The number of hydrogen-bond donors (Lipinski definition) is 1. The van der Waals surface area contributed by atoms with Crippen LogP contribution in [0.2, 0.25) is 10.0 Å². The zero-order chi connectivity index (χ0) is 12.3. The second-order valence-corrected chi connectivity index (χ2v) is 4.74. The van der Waals surface area contributed by atoms with Crippen LogP contribution in [0.25, 0.3) is 0 Å². The monoisotopic (exact) mass is 262 g/mol. The van der Waals surface area contributed by atoms with E-state index in [-0.39, 0.29) is 6.10 Å². The lowest BCUT2D eigenvalue weighted by Gasteiger charge is -2.19. The molecule has 1 unspecified atom stereocenters. The third-order valence-electron chi connectivity index (χ3n) is 2.14. The highest BCUT2D eigenvalue weighted by Crippen LogP contribution is 2.37. The van der Waals surface area contributed by atoms with Gasteiger partial charge in [-0.2, -0.15) is 0 Å². The normalized spacial score (nSPS) is 12.9. The molecule has 0 aliphatic rings. The van der Waals surface area contributed by atoms with E-state index in [1.165, 1.54) is 0 Å². The minimum absolute atomic E-state index is 0.00137. The van der Waals surface area contributed by atoms with Crippen LogP contribution in [-0.2, 0) is 0 Å². The van der Waals surface area contributed by atoms with Gasteiger partial charge in [-0.3, -0.25) is 0 Å². The van der Waals surface area contributed by atoms with E-state index in [1.54, 1.807) is 12.1 Å². The first-order valence-electron chi connectivity index (χ1n) is 5.29. The summed E-state index contributed by atoms with van der Waals surface area (Å²) < 4.78 is 5.60. The SMILES string of the molecule is CCC(O)c1cc(Cl)cc(Cl)c1OC(C)C. The summed E-state index contributed by atoms with van der Waals surface area (Å²) in [6, 6.07) is 3.31. The number of aliphatic hydroxyl groups is 1. The van der Waals surface area contributed by atoms with Crippen LogP contribution in [0.5, 0.6) is 5.75 Å². The molecule has 0 saturated heterocycles. The Morgan fingerprint density at radius 1 is 1.31 bits per heavy atom. The number of halogens is 2. The molecule has 0 amide bonds. The van der Waals surface area contributed by atoms with Crippen LogP contribution in [0, 0.1) is 0 Å². The minimum Gasteiger partial charge on any atom is -0.489 e. The lowest BCUT2D eigenvalue weighted by Crippen LogP contribution is -2.09. The molecule has 1 N–H and O–H groups in total. The number of ether oxygens (including phenoxy) is 1. The van der Waals surface area contributed by atoms with E-state index in [1.807, 2.05) is 20.8 Å². The summed E-state index contributed by atoms with van der Waals surface area (Å²) in [4.78, 5) is 0. The van der Waals surface area contributed by atoms with Crippen molar-refractivity contribution in [3.8, 4) is 5.75 Å². The maximum absolute atomic E-state index is 9.87. The van der Waals surface area contributed by atoms with Gasteiger partial charge in [0.15, 0.2) is 0 Å². The fraction of sp³-hybridized carbons (Fsp3) is 0.500. The van der Waals surface area contributed by atoms with Crippen molar-refractivity contribution < 1.29 is 9.84 Å². The molecule has 2 nitrogen and oxygen atoms in total. The van der Waals surface area contributed by atoms with Crippen LogP contribution >= 0.6 is 23.2 Å². The summed E-state index contributed by atoms with van der Waals surface area (Å²) in [5.74, 6) is 0.524. The molecule has 0 aliphatic carbocycles. The maximum Gasteiger partial charge on any atom is 0.144 e. The van der Waals surface area contributed by atoms with Gasteiger partial charge in [0.1, 0.15) is 5.75 Å². The zero-order valence-corrected chi connectivity index (χ0v) is 11.1. The molecule has 0 aromatic heterocycles. The molecule has 4 heteroatoms. The van der Waals surface area contributed by atoms with Gasteiger partial charge in [0.25, 0.3) is 0 Å². The van der Waals surface area contributed by atoms with Crippen molar-refractivity contribution in [3.05, 3.63) is 27.7 Å². The van der Waals surface area contributed by atoms with Crippen molar-refractivity contribution in [1.29, 1.82) is 0 Å². The average molecular weight is 263 g/mol. The molecular weight excluding hydrogens is 247 g/mol. The standard InChI is InChI=1S/C12H16Cl2O2/c1-4-11(15)9-5-8(13)6-10(14)12(9)16-7(2)3/h5-7,11,15H,4H2,1-3H3. The Morgan fingerprint density at radius 2 is 1.94 bits per heavy atom. The van der Waals surface area contributed by atoms with Crippen LogP contribution in [0.1, 0.15) is 38.9 Å². The highest BCUT2D eigenvalue weighted by Gasteiger charge is 2.17. The second kappa shape index (κ2) is 5.76. The number of hydrogen-bond acceptors (Lipinski definition) is 2. The third-order valence-corrected chi connectivity index (χ3v) is 2.64. The molecule has 0 radical (unpaired) electrons. The summed E-state index contributed by atoms with van der Waals surface area (Å²) in [7, 11) is 0. The highest BCUT2D eigenvalue weighted by molar-refractivity contribution is 6.35. The van der Waals surface area contributed by atoms with Gasteiger partial charge in [0.2, 0.25) is 0 Å². The summed E-state index contributed by atoms with van der Waals surface area (Å²) in [6.07, 6.45) is -0.0167. The lowest BCUT2D eigenvalue weighted by atomic mass is 10.1. The molecule has 1 rings (SSSR count). The molecule has 1 atom stereocenters. The minimum atomic E-state index is -0.607. The van der Waals surface area contributed by atoms with E-state index in [0.717, 1.165) is 0 Å². The highest BCUT2D eigenvalue weighted by atomic mass is 35.5. The number of benzene rings is 1. The third kappa shape index (κ3) is 3.27. The summed E-state index contributed by atoms with van der Waals surface area (Å²) in [5.41, 5.74) is 0.647. The topological polar surface area (TPSA) is 29.5 Å². The Hall–Kier alpha value is -0.440. The first-order valence-corrected chi connectivity index (χ1v) is 6.05. The van der Waals surface area contributed by atoms with E-state index in [9.17, 15) is 5.11 Å². The van der Waals surface area contributed by atoms with E-state index < -0.39 is 6.10 Å². The van der Waals surface area contributed by atoms with Crippen LogP contribution in [0.15, 0.2) is 12.1 Å². The van der Waals surface area contributed by atoms with Crippen molar-refractivity contribution in [2.75, 3.05) is 0 Å². The van der Waals surface area contributed by atoms with Crippen molar-refractivity contribution in [2.24, 2.45) is 0 Å². The first kappa shape index (κ1) is 13.6. The fourth-order valence-corrected chi connectivity index (χ4v) is 1.96. The Kier molecular flexibility index (Phi) is 4.90. The van der Waals surface area contributed by atoms with Gasteiger partial charge in [-0.05, 0) is 32.4 Å². The predicted molar refractivity (Wildman–Crippen MR) is 67.5 cm³/mol. The van der Waals surface area contributed by atoms with Crippen molar-refractivity contribution in [3.63, 3.8) is 0 Å². The molecule has 0 aliphatic heterocycles. The van der Waals surface area contributed by atoms with Crippen LogP contribution in [0.4, 0.5) is 0 Å². The lowest BCUT2D eigenvalue weighted by molar-refractivity contribution is 0.162. The van der Waals surface area contributed by atoms with E-state index in [0.29, 0.717) is 27.8 Å². The Balaban J connectivity index is 3.20. The average Bonchev–Trinajstić information content (AvgIpc) is 2.20. The van der Waals surface area contributed by atoms with E-state index >= 15 is 0 Å². The summed E-state index contributed by atoms with van der Waals surface area (Å²) >= 11 is 12.0. The van der Waals surface area contributed by atoms with Gasteiger partial charge >= 0.3 is 0 Å². The zero-order valence-electron chi connectivity index (χ0n) is 9.63. The Bertz CT molecular complexity index is 364. The molecule has 0 saturated carbocycles. The molecule has 0 bridgehead atoms. The van der Waals surface area contributed by atoms with Gasteiger partial charge in [0.05, 0.1) is 17.2 Å². The number of aliphatic hydroxyl groups excluding tert-OH is 1. The van der Waals surface area contributed by atoms with E-state index in [4.69, 9.17) is 27.9 Å².